The Morgan fingerprint density at radius 3 is 2.28 bits per heavy atom. The fourth-order valence-corrected chi connectivity index (χ4v) is 11.1. The van der Waals surface area contributed by atoms with E-state index in [1.165, 1.54) is 11.0 Å². The first kappa shape index (κ1) is 53.9. The summed E-state index contributed by atoms with van der Waals surface area (Å²) < 4.78 is 41.9. The first-order chi connectivity index (χ1) is 35.2. The number of ether oxygens (including phenoxy) is 1. The van der Waals surface area contributed by atoms with Crippen LogP contribution in [0.25, 0.3) is 21.3 Å². The first-order valence-electron chi connectivity index (χ1n) is 25.5. The van der Waals surface area contributed by atoms with Crippen LogP contribution < -0.4 is 26.0 Å². The van der Waals surface area contributed by atoms with E-state index in [0.29, 0.717) is 32.4 Å². The number of aliphatic hydroxyl groups excluding tert-OH is 1. The fourth-order valence-electron chi connectivity index (χ4n) is 10.3. The Bertz CT molecular complexity index is 2790. The van der Waals surface area contributed by atoms with Crippen LogP contribution in [-0.2, 0) is 14.4 Å². The van der Waals surface area contributed by atoms with E-state index in [0.717, 1.165) is 102 Å². The van der Waals surface area contributed by atoms with Crippen LogP contribution in [0.2, 0.25) is 0 Å². The van der Waals surface area contributed by atoms with Gasteiger partial charge in [0.1, 0.15) is 24.2 Å². The van der Waals surface area contributed by atoms with Gasteiger partial charge < -0.3 is 40.9 Å². The molecule has 3 aromatic carbocycles. The number of nitrogen functional groups attached to an aromatic ring is 1. The molecule has 5 heterocycles. The van der Waals surface area contributed by atoms with Crippen LogP contribution in [0.3, 0.4) is 0 Å². The quantitative estimate of drug-likeness (QED) is 0.0558. The molecular formula is C54H67F3N10O6S. The molecule has 0 bridgehead atoms. The number of nitrogens with one attached hydrogen (secondary N) is 2. The third kappa shape index (κ3) is 13.1. The van der Waals surface area contributed by atoms with Crippen molar-refractivity contribution in [3.05, 3.63) is 95.0 Å². The van der Waals surface area contributed by atoms with Gasteiger partial charge in [0.2, 0.25) is 17.7 Å². The lowest BCUT2D eigenvalue weighted by atomic mass is 9.85. The topological polar surface area (TPSA) is 199 Å². The van der Waals surface area contributed by atoms with Gasteiger partial charge >= 0.3 is 6.36 Å². The number of aryl methyl sites for hydroxylation is 1. The highest BCUT2D eigenvalue weighted by atomic mass is 32.1. The minimum absolute atomic E-state index is 0.00885. The van der Waals surface area contributed by atoms with E-state index >= 15 is 0 Å². The van der Waals surface area contributed by atoms with Gasteiger partial charge in [-0.1, -0.05) is 51.5 Å². The third-order valence-electron chi connectivity index (χ3n) is 14.5. The Kier molecular flexibility index (Phi) is 16.8. The van der Waals surface area contributed by atoms with Crippen molar-refractivity contribution < 1.29 is 42.2 Å². The number of fused-ring (bicyclic) bond motifs is 1. The molecule has 0 aliphatic carbocycles. The summed E-state index contributed by atoms with van der Waals surface area (Å²) in [5.41, 5.74) is 13.0. The van der Waals surface area contributed by atoms with E-state index in [2.05, 4.69) is 58.3 Å². The van der Waals surface area contributed by atoms with Crippen LogP contribution >= 0.6 is 11.3 Å². The number of carbonyl (C=O) groups is 4. The molecule has 0 saturated carbocycles. The van der Waals surface area contributed by atoms with Crippen molar-refractivity contribution in [2.75, 3.05) is 63.0 Å². The maximum Gasteiger partial charge on any atom is 0.573 e. The molecule has 3 saturated heterocycles. The van der Waals surface area contributed by atoms with E-state index in [1.54, 1.807) is 22.6 Å². The van der Waals surface area contributed by atoms with Crippen molar-refractivity contribution in [1.82, 2.24) is 40.3 Å². The maximum atomic E-state index is 14.2. The van der Waals surface area contributed by atoms with E-state index in [-0.39, 0.29) is 66.2 Å². The second kappa shape index (κ2) is 23.0. The van der Waals surface area contributed by atoms with E-state index in [4.69, 9.17) is 5.73 Å². The van der Waals surface area contributed by atoms with E-state index in [1.807, 2.05) is 64.4 Å². The Hall–Kier alpha value is -6.38. The number of benzene rings is 3. The normalized spacial score (nSPS) is 18.9. The highest BCUT2D eigenvalue weighted by molar-refractivity contribution is 7.13. The van der Waals surface area contributed by atoms with Gasteiger partial charge in [-0.2, -0.15) is 0 Å². The Morgan fingerprint density at radius 2 is 1.62 bits per heavy atom. The first-order valence-corrected chi connectivity index (χ1v) is 26.4. The number of thiazole rings is 1. The lowest BCUT2D eigenvalue weighted by molar-refractivity contribution is -0.274. The average molecular weight is 1040 g/mol. The van der Waals surface area contributed by atoms with Crippen LogP contribution in [0.15, 0.2) is 72.5 Å². The number of aromatic nitrogens is 3. The number of amides is 4. The number of anilines is 2. The zero-order chi connectivity index (χ0) is 52.9. The summed E-state index contributed by atoms with van der Waals surface area (Å²) >= 11 is 1.58. The number of β-amino-alcohol motifs (C(OH)–C–C–N with tert-alkyl or cyclic N) is 1. The van der Waals surface area contributed by atoms with Gasteiger partial charge in [-0.3, -0.25) is 24.1 Å². The summed E-state index contributed by atoms with van der Waals surface area (Å²) in [7, 11) is 0. The molecule has 0 spiro atoms. The number of hydrogen-bond donors (Lipinski definition) is 4. The smallest absolute Gasteiger partial charge is 0.406 e. The molecule has 3 aliphatic rings. The van der Waals surface area contributed by atoms with Crippen molar-refractivity contribution >= 4 is 57.2 Å². The number of rotatable bonds is 16. The van der Waals surface area contributed by atoms with Crippen molar-refractivity contribution in [1.29, 1.82) is 0 Å². The summed E-state index contributed by atoms with van der Waals surface area (Å²) in [5, 5.41) is 17.7. The Morgan fingerprint density at radius 1 is 0.892 bits per heavy atom. The summed E-state index contributed by atoms with van der Waals surface area (Å²) in [5.74, 6) is -1.68. The molecule has 5 N–H and O–H groups in total. The molecule has 3 fully saturated rings. The Labute approximate surface area is 433 Å². The number of aliphatic hydroxyl groups is 1. The monoisotopic (exact) mass is 1040 g/mol. The van der Waals surface area contributed by atoms with Crippen LogP contribution in [0.1, 0.15) is 112 Å². The molecule has 8 rings (SSSR count). The zero-order valence-electron chi connectivity index (χ0n) is 42.7. The number of alkyl halides is 3. The number of unbranched alkanes of at least 4 members (excludes halogenated alkanes) is 2. The molecule has 2 aromatic heterocycles. The molecule has 396 valence electrons. The van der Waals surface area contributed by atoms with Gasteiger partial charge in [-0.15, -0.1) is 24.5 Å². The van der Waals surface area contributed by atoms with Crippen molar-refractivity contribution in [2.24, 2.45) is 5.41 Å². The van der Waals surface area contributed by atoms with Gasteiger partial charge in [0, 0.05) is 87.4 Å². The molecule has 4 atom stereocenters. The number of nitrogens with two attached hydrogens (primary N) is 1. The SMILES string of the molecule is Cc1ncsc1-c1ccc(C(C)NC(=O)C2CC(O)CN2C(=O)C(NC(=O)CCCCCN2CCN(c3ccc4c(C5CCN(C(=O)c6ccc(OC(F)(F)F)cc6N)CC5)ncnc4c3)CC2)C(C)(C)C)cc1. The fraction of sp³-hybridized carbons (Fsp3) is 0.500. The maximum absolute atomic E-state index is 14.2. The number of carbonyl (C=O) groups excluding carboxylic acids is 4. The lowest BCUT2D eigenvalue weighted by Gasteiger charge is -2.36. The highest BCUT2D eigenvalue weighted by Gasteiger charge is 2.45. The minimum atomic E-state index is -4.86. The summed E-state index contributed by atoms with van der Waals surface area (Å²) in [6, 6.07) is 15.5. The average Bonchev–Trinajstić information content (AvgIpc) is 3.99. The molecule has 0 radical (unpaired) electrons. The molecule has 4 amide bonds. The molecule has 74 heavy (non-hydrogen) atoms. The van der Waals surface area contributed by atoms with Crippen LogP contribution in [-0.4, -0.2) is 135 Å². The molecular weight excluding hydrogens is 974 g/mol. The van der Waals surface area contributed by atoms with Crippen molar-refractivity contribution in [3.8, 4) is 16.2 Å². The van der Waals surface area contributed by atoms with E-state index < -0.39 is 35.7 Å². The number of nitrogens with zero attached hydrogens (tertiary/aromatic N) is 7. The Balaban J connectivity index is 0.757. The summed E-state index contributed by atoms with van der Waals surface area (Å²) in [4.78, 5) is 77.2. The number of piperidine rings is 1. The summed E-state index contributed by atoms with van der Waals surface area (Å²) in [6.07, 6.45) is 0.00175. The van der Waals surface area contributed by atoms with Crippen LogP contribution in [0.4, 0.5) is 24.5 Å². The molecule has 4 unspecified atom stereocenters. The molecule has 20 heteroatoms. The van der Waals surface area contributed by atoms with Gasteiger partial charge in [0.05, 0.1) is 45.0 Å². The number of likely N-dealkylation sites (tertiary alicyclic amines) is 2. The van der Waals surface area contributed by atoms with Gasteiger partial charge in [0.15, 0.2) is 0 Å². The second-order valence-electron chi connectivity index (χ2n) is 20.8. The van der Waals surface area contributed by atoms with Crippen molar-refractivity contribution in [3.63, 3.8) is 0 Å². The summed E-state index contributed by atoms with van der Waals surface area (Å²) in [6.45, 7) is 14.8. The number of piperazine rings is 1. The molecule has 3 aliphatic heterocycles. The third-order valence-corrected chi connectivity index (χ3v) is 15.5. The van der Waals surface area contributed by atoms with Crippen molar-refractivity contribution in [2.45, 2.75) is 116 Å². The van der Waals surface area contributed by atoms with Crippen LogP contribution in [0.5, 0.6) is 5.75 Å². The molecule has 16 nitrogen and oxygen atoms in total. The van der Waals surface area contributed by atoms with E-state index in [9.17, 15) is 37.5 Å². The second-order valence-corrected chi connectivity index (χ2v) is 21.7. The lowest BCUT2D eigenvalue weighted by Crippen LogP contribution is -2.57. The van der Waals surface area contributed by atoms with Gasteiger partial charge in [-0.25, -0.2) is 15.0 Å². The predicted octanol–water partition coefficient (Wildman–Crippen LogP) is 7.61. The van der Waals surface area contributed by atoms with Crippen LogP contribution in [0, 0.1) is 12.3 Å². The largest absolute Gasteiger partial charge is 0.573 e. The number of hydrogen-bond acceptors (Lipinski definition) is 13. The highest BCUT2D eigenvalue weighted by Crippen LogP contribution is 2.35. The number of halogens is 3. The predicted molar refractivity (Wildman–Crippen MR) is 278 cm³/mol. The standard InChI is InChI=1S/C54H67F3N10O6S/c1-33(35-10-12-37(13-11-35)48-34(2)61-32-74-48)62-50(70)45-28-39(68)30-67(45)52(72)49(53(3,4)5)63-46(69)9-7-6-8-20-64-23-25-65(26-24-64)38-14-16-42-44(27-38)59-31-60-47(42)36-18-21-66(22-19-36)51(71)41-17-15-40(29-43(41)58)73-54(55,56)57/h10-17,27,29,31-33,36,39,45,49,68H,6-9,18-26,28,30,58H2,1-5H3,(H,62,70)(H,63,69). The van der Waals surface area contributed by atoms with Gasteiger partial charge in [-0.05, 0) is 92.9 Å². The molecule has 5 aromatic rings. The zero-order valence-corrected chi connectivity index (χ0v) is 43.5. The minimum Gasteiger partial charge on any atom is -0.406 e. The van der Waals surface area contributed by atoms with Gasteiger partial charge in [0.25, 0.3) is 5.91 Å².